The second-order valence-corrected chi connectivity index (χ2v) is 8.08. The number of fused-ring (bicyclic) bond motifs is 2. The Morgan fingerprint density at radius 3 is 2.66 bits per heavy atom. The number of ether oxygens (including phenoxy) is 2. The number of hydrogen-bond acceptors (Lipinski definition) is 6. The Kier molecular flexibility index (Phi) is 7.12. The van der Waals surface area contributed by atoms with Gasteiger partial charge in [0.05, 0.1) is 19.1 Å². The number of nitrogens with one attached hydrogen (secondary N) is 2. The number of esters is 1. The summed E-state index contributed by atoms with van der Waals surface area (Å²) in [5, 5.41) is 6.36. The Labute approximate surface area is 172 Å². The Morgan fingerprint density at radius 2 is 1.93 bits per heavy atom. The molecule has 0 radical (unpaired) electrons. The first kappa shape index (κ1) is 21.1. The van der Waals surface area contributed by atoms with Crippen LogP contribution in [0.5, 0.6) is 5.88 Å². The lowest BCUT2D eigenvalue weighted by molar-refractivity contribution is -0.144. The lowest BCUT2D eigenvalue weighted by Gasteiger charge is -2.26. The lowest BCUT2D eigenvalue weighted by Crippen LogP contribution is -2.44. The van der Waals surface area contributed by atoms with Crippen molar-refractivity contribution < 1.29 is 19.1 Å². The summed E-state index contributed by atoms with van der Waals surface area (Å²) >= 11 is 0. The first-order valence-electron chi connectivity index (χ1n) is 10.4. The predicted octanol–water partition coefficient (Wildman–Crippen LogP) is 3.32. The highest BCUT2D eigenvalue weighted by molar-refractivity contribution is 5.95. The molecular weight excluding hydrogens is 370 g/mol. The summed E-state index contributed by atoms with van der Waals surface area (Å²) < 4.78 is 10.8. The monoisotopic (exact) mass is 401 g/mol. The Morgan fingerprint density at radius 1 is 1.14 bits per heavy atom. The molecule has 3 heterocycles. The number of amides is 1. The molecule has 0 aromatic carbocycles. The fourth-order valence-electron chi connectivity index (χ4n) is 3.84. The molecule has 4 atom stereocenters. The summed E-state index contributed by atoms with van der Waals surface area (Å²) in [6.07, 6.45) is 8.36. The number of carbonyl (C=O) groups is 2. The van der Waals surface area contributed by atoms with Crippen molar-refractivity contribution in [2.75, 3.05) is 19.0 Å². The van der Waals surface area contributed by atoms with E-state index < -0.39 is 0 Å². The van der Waals surface area contributed by atoms with Crippen molar-refractivity contribution in [1.29, 1.82) is 0 Å². The van der Waals surface area contributed by atoms with E-state index in [1.165, 1.54) is 7.11 Å². The van der Waals surface area contributed by atoms with Crippen LogP contribution < -0.4 is 15.4 Å². The van der Waals surface area contributed by atoms with Crippen LogP contribution in [0.4, 0.5) is 5.82 Å². The third-order valence-corrected chi connectivity index (χ3v) is 5.56. The average Bonchev–Trinajstić information content (AvgIpc) is 3.04. The summed E-state index contributed by atoms with van der Waals surface area (Å²) in [6.45, 7) is 4.78. The van der Waals surface area contributed by atoms with Crippen molar-refractivity contribution >= 4 is 17.7 Å². The summed E-state index contributed by atoms with van der Waals surface area (Å²) in [6, 6.07) is 3.13. The van der Waals surface area contributed by atoms with E-state index in [-0.39, 0.29) is 29.9 Å². The van der Waals surface area contributed by atoms with E-state index in [4.69, 9.17) is 9.47 Å². The molecular formula is C22H31N3O4. The molecule has 1 saturated heterocycles. The van der Waals surface area contributed by atoms with Gasteiger partial charge in [-0.2, -0.15) is 4.98 Å². The van der Waals surface area contributed by atoms with Crippen LogP contribution >= 0.6 is 0 Å². The Bertz CT molecular complexity index is 764. The topological polar surface area (TPSA) is 89.6 Å². The van der Waals surface area contributed by atoms with E-state index in [0.29, 0.717) is 29.6 Å². The van der Waals surface area contributed by atoms with E-state index in [9.17, 15) is 9.59 Å². The number of pyridine rings is 1. The van der Waals surface area contributed by atoms with E-state index in [1.54, 1.807) is 12.1 Å². The highest BCUT2D eigenvalue weighted by Gasteiger charge is 2.37. The van der Waals surface area contributed by atoms with Crippen molar-refractivity contribution in [3.63, 3.8) is 0 Å². The van der Waals surface area contributed by atoms with Gasteiger partial charge in [-0.15, -0.1) is 0 Å². The number of anilines is 1. The van der Waals surface area contributed by atoms with Gasteiger partial charge >= 0.3 is 5.97 Å². The van der Waals surface area contributed by atoms with Gasteiger partial charge in [-0.3, -0.25) is 9.59 Å². The molecule has 2 aliphatic rings. The van der Waals surface area contributed by atoms with Crippen LogP contribution in [0.1, 0.15) is 56.3 Å². The number of cyclic esters (lactones) is 1. The molecule has 158 valence electrons. The molecule has 4 unspecified atom stereocenters. The zero-order valence-electron chi connectivity index (χ0n) is 17.4. The molecule has 1 amide bonds. The molecule has 1 aromatic rings. The maximum Gasteiger partial charge on any atom is 0.309 e. The maximum absolute atomic E-state index is 13.0. The second kappa shape index (κ2) is 9.76. The second-order valence-electron chi connectivity index (χ2n) is 8.08. The number of carbonyl (C=O) groups excluding carboxylic acids is 2. The van der Waals surface area contributed by atoms with Gasteiger partial charge < -0.3 is 20.1 Å². The van der Waals surface area contributed by atoms with Crippen molar-refractivity contribution in [2.24, 2.45) is 11.8 Å². The number of nitrogens with zero attached hydrogens (tertiary/aromatic N) is 1. The number of aromatic nitrogens is 1. The van der Waals surface area contributed by atoms with Crippen molar-refractivity contribution in [1.82, 2.24) is 10.3 Å². The molecule has 0 spiro atoms. The van der Waals surface area contributed by atoms with Crippen LogP contribution in [0, 0.1) is 11.8 Å². The molecule has 0 saturated carbocycles. The fourth-order valence-corrected chi connectivity index (χ4v) is 3.84. The van der Waals surface area contributed by atoms with Crippen molar-refractivity contribution in [2.45, 2.75) is 58.1 Å². The fraction of sp³-hybridized carbons (Fsp3) is 0.591. The summed E-state index contributed by atoms with van der Waals surface area (Å²) in [4.78, 5) is 29.4. The van der Waals surface area contributed by atoms with E-state index in [2.05, 4.69) is 34.7 Å². The van der Waals surface area contributed by atoms with Gasteiger partial charge in [0.15, 0.2) is 0 Å². The number of allylic oxidation sites excluding steroid dienone is 1. The number of rotatable bonds is 2. The van der Waals surface area contributed by atoms with Crippen molar-refractivity contribution in [3.8, 4) is 5.88 Å². The van der Waals surface area contributed by atoms with Gasteiger partial charge in [0.1, 0.15) is 11.9 Å². The lowest BCUT2D eigenvalue weighted by atomic mass is 9.91. The Balaban J connectivity index is 1.86. The summed E-state index contributed by atoms with van der Waals surface area (Å²) in [5.74, 6) is 0.839. The molecule has 1 aromatic heterocycles. The van der Waals surface area contributed by atoms with Crippen LogP contribution in [0.25, 0.3) is 0 Å². The highest BCUT2D eigenvalue weighted by Crippen LogP contribution is 2.27. The van der Waals surface area contributed by atoms with Gasteiger partial charge in [0.25, 0.3) is 5.91 Å². The summed E-state index contributed by atoms with van der Waals surface area (Å²) in [7, 11) is 1.53. The quantitative estimate of drug-likeness (QED) is 0.584. The van der Waals surface area contributed by atoms with Crippen molar-refractivity contribution in [3.05, 3.63) is 29.8 Å². The first-order chi connectivity index (χ1) is 14.0. The molecule has 2 aliphatic heterocycles. The molecule has 7 heteroatoms. The minimum atomic E-state index is -0.295. The Hall–Kier alpha value is -2.57. The zero-order valence-corrected chi connectivity index (χ0v) is 17.4. The van der Waals surface area contributed by atoms with E-state index in [0.717, 1.165) is 32.2 Å². The van der Waals surface area contributed by atoms with Crippen LogP contribution in [-0.4, -0.2) is 42.7 Å². The standard InChI is InChI=1S/C22H31N3O4/c1-14-8-6-4-5-7-9-23-19-12-16(13-20(25-19)28-3)21(26)24-17(10-14)18-11-15(2)22(27)29-18/h4-5,12-15,17-18H,6-11H2,1-3H3,(H,23,25)(H,24,26). The average molecular weight is 402 g/mol. The van der Waals surface area contributed by atoms with Crippen LogP contribution in [0.2, 0.25) is 0 Å². The minimum Gasteiger partial charge on any atom is -0.481 e. The maximum atomic E-state index is 13.0. The van der Waals surface area contributed by atoms with Gasteiger partial charge in [0.2, 0.25) is 5.88 Å². The molecule has 0 aliphatic carbocycles. The number of hydrogen-bond donors (Lipinski definition) is 2. The highest BCUT2D eigenvalue weighted by atomic mass is 16.6. The normalized spacial score (nSPS) is 28.5. The summed E-state index contributed by atoms with van der Waals surface area (Å²) in [5.41, 5.74) is 0.472. The van der Waals surface area contributed by atoms with Crippen LogP contribution in [0.3, 0.4) is 0 Å². The molecule has 2 bridgehead atoms. The third kappa shape index (κ3) is 5.71. The smallest absolute Gasteiger partial charge is 0.309 e. The first-order valence-corrected chi connectivity index (χ1v) is 10.4. The van der Waals surface area contributed by atoms with Gasteiger partial charge in [0, 0.05) is 18.2 Å². The van der Waals surface area contributed by atoms with Gasteiger partial charge in [-0.1, -0.05) is 26.0 Å². The molecule has 1 fully saturated rings. The largest absolute Gasteiger partial charge is 0.481 e. The molecule has 7 nitrogen and oxygen atoms in total. The van der Waals surface area contributed by atoms with Crippen LogP contribution in [0.15, 0.2) is 24.3 Å². The SMILES string of the molecule is COc1cc2cc(n1)NCCC=CCCC(C)CC(C1CC(C)C(=O)O1)NC2=O. The number of methoxy groups -OCH3 is 1. The van der Waals surface area contributed by atoms with Gasteiger partial charge in [-0.05, 0) is 44.1 Å². The molecule has 3 rings (SSSR count). The predicted molar refractivity (Wildman–Crippen MR) is 111 cm³/mol. The van der Waals surface area contributed by atoms with E-state index in [1.807, 2.05) is 6.92 Å². The third-order valence-electron chi connectivity index (χ3n) is 5.56. The minimum absolute atomic E-state index is 0.136. The zero-order chi connectivity index (χ0) is 20.8. The molecule has 2 N–H and O–H groups in total. The molecule has 29 heavy (non-hydrogen) atoms. The van der Waals surface area contributed by atoms with E-state index >= 15 is 0 Å². The van der Waals surface area contributed by atoms with Gasteiger partial charge in [-0.25, -0.2) is 0 Å². The van der Waals surface area contributed by atoms with Crippen LogP contribution in [-0.2, 0) is 9.53 Å².